The van der Waals surface area contributed by atoms with Gasteiger partial charge in [-0.3, -0.25) is 10.1 Å². The maximum Gasteiger partial charge on any atom is 0.269 e. The highest BCUT2D eigenvalue weighted by molar-refractivity contribution is 7.21. The minimum atomic E-state index is -0.244. The van der Waals surface area contributed by atoms with Crippen molar-refractivity contribution in [3.63, 3.8) is 0 Å². The van der Waals surface area contributed by atoms with E-state index in [1.807, 2.05) is 53.9 Å². The van der Waals surface area contributed by atoms with E-state index in [1.54, 1.807) is 7.11 Å². The van der Waals surface area contributed by atoms with E-state index in [-0.39, 0.29) is 5.91 Å². The number of thiazole rings is 1. The Labute approximate surface area is 163 Å². The van der Waals surface area contributed by atoms with Crippen LogP contribution in [0.25, 0.3) is 21.3 Å². The number of rotatable bonds is 4. The van der Waals surface area contributed by atoms with Crippen molar-refractivity contribution in [2.24, 2.45) is 0 Å². The standard InChI is InChI=1S/C19H13ClN2O2S2/c1-24-12-8-6-11(7-9-12)14-10-25-19(21-14)22-18(23)17-16(20)13-4-2-3-5-15(13)26-17/h2-10H,1H3,(H,21,22,23). The Balaban J connectivity index is 1.56. The molecule has 2 aromatic heterocycles. The Hall–Kier alpha value is -2.41. The Morgan fingerprint density at radius 3 is 2.65 bits per heavy atom. The smallest absolute Gasteiger partial charge is 0.269 e. The molecule has 7 heteroatoms. The van der Waals surface area contributed by atoms with Crippen molar-refractivity contribution in [3.8, 4) is 17.0 Å². The fourth-order valence-electron chi connectivity index (χ4n) is 2.54. The highest BCUT2D eigenvalue weighted by Crippen LogP contribution is 2.36. The van der Waals surface area contributed by atoms with Gasteiger partial charge >= 0.3 is 0 Å². The molecule has 0 radical (unpaired) electrons. The number of nitrogens with zero attached hydrogens (tertiary/aromatic N) is 1. The molecule has 0 saturated heterocycles. The molecule has 0 bridgehead atoms. The molecule has 0 spiro atoms. The van der Waals surface area contributed by atoms with Gasteiger partial charge in [-0.15, -0.1) is 22.7 Å². The van der Waals surface area contributed by atoms with Crippen molar-refractivity contribution in [2.45, 2.75) is 0 Å². The summed E-state index contributed by atoms with van der Waals surface area (Å²) < 4.78 is 6.15. The van der Waals surface area contributed by atoms with Crippen LogP contribution in [0, 0.1) is 0 Å². The lowest BCUT2D eigenvalue weighted by Crippen LogP contribution is -2.10. The summed E-state index contributed by atoms with van der Waals surface area (Å²) in [5, 5.41) is 6.66. The number of amides is 1. The third-order valence-corrected chi connectivity index (χ3v) is 6.28. The second-order valence-corrected chi connectivity index (χ2v) is 7.75. The molecule has 130 valence electrons. The largest absolute Gasteiger partial charge is 0.497 e. The molecule has 0 aliphatic rings. The normalized spacial score (nSPS) is 10.8. The number of fused-ring (bicyclic) bond motifs is 1. The van der Waals surface area contributed by atoms with Crippen molar-refractivity contribution in [1.82, 2.24) is 4.98 Å². The summed E-state index contributed by atoms with van der Waals surface area (Å²) in [6.07, 6.45) is 0. The maximum atomic E-state index is 12.6. The van der Waals surface area contributed by atoms with Gasteiger partial charge < -0.3 is 4.74 Å². The molecule has 2 heterocycles. The van der Waals surface area contributed by atoms with Crippen LogP contribution in [0.4, 0.5) is 5.13 Å². The van der Waals surface area contributed by atoms with E-state index < -0.39 is 0 Å². The van der Waals surface area contributed by atoms with E-state index in [0.717, 1.165) is 27.1 Å². The summed E-state index contributed by atoms with van der Waals surface area (Å²) in [5.74, 6) is 0.545. The Morgan fingerprint density at radius 2 is 1.92 bits per heavy atom. The molecule has 0 saturated carbocycles. The van der Waals surface area contributed by atoms with E-state index in [4.69, 9.17) is 16.3 Å². The number of halogens is 1. The van der Waals surface area contributed by atoms with E-state index in [9.17, 15) is 4.79 Å². The van der Waals surface area contributed by atoms with Crippen molar-refractivity contribution in [3.05, 3.63) is 63.8 Å². The molecular formula is C19H13ClN2O2S2. The summed E-state index contributed by atoms with van der Waals surface area (Å²) in [6, 6.07) is 15.3. The first kappa shape index (κ1) is 17.0. The molecule has 2 aromatic carbocycles. The van der Waals surface area contributed by atoms with Crippen LogP contribution in [0.5, 0.6) is 5.75 Å². The van der Waals surface area contributed by atoms with Crippen LogP contribution in [-0.4, -0.2) is 18.0 Å². The molecule has 4 aromatic rings. The summed E-state index contributed by atoms with van der Waals surface area (Å²) in [6.45, 7) is 0. The molecule has 0 aliphatic carbocycles. The Bertz CT molecular complexity index is 1090. The average Bonchev–Trinajstić information content (AvgIpc) is 3.27. The lowest BCUT2D eigenvalue weighted by atomic mass is 10.2. The number of methoxy groups -OCH3 is 1. The summed E-state index contributed by atoms with van der Waals surface area (Å²) >= 11 is 9.12. The molecule has 4 rings (SSSR count). The van der Waals surface area contributed by atoms with Crippen LogP contribution in [0.2, 0.25) is 5.02 Å². The number of nitrogens with one attached hydrogen (secondary N) is 1. The molecule has 4 nitrogen and oxygen atoms in total. The summed E-state index contributed by atoms with van der Waals surface area (Å²) in [7, 11) is 1.63. The molecule has 0 unspecified atom stereocenters. The van der Waals surface area contributed by atoms with E-state index in [1.165, 1.54) is 22.7 Å². The lowest BCUT2D eigenvalue weighted by Gasteiger charge is -2.01. The quantitative estimate of drug-likeness (QED) is 0.461. The van der Waals surface area contributed by atoms with E-state index in [2.05, 4.69) is 10.3 Å². The fraction of sp³-hybridized carbons (Fsp3) is 0.0526. The monoisotopic (exact) mass is 400 g/mol. The van der Waals surface area contributed by atoms with Gasteiger partial charge in [0.2, 0.25) is 0 Å². The number of thiophene rings is 1. The topological polar surface area (TPSA) is 51.2 Å². The van der Waals surface area contributed by atoms with E-state index in [0.29, 0.717) is 15.0 Å². The van der Waals surface area contributed by atoms with Crippen molar-refractivity contribution in [2.75, 3.05) is 12.4 Å². The molecular weight excluding hydrogens is 388 g/mol. The number of aromatic nitrogens is 1. The van der Waals surface area contributed by atoms with Gasteiger partial charge in [-0.05, 0) is 30.3 Å². The zero-order valence-electron chi connectivity index (χ0n) is 13.7. The maximum absolute atomic E-state index is 12.6. The number of carbonyl (C=O) groups excluding carboxylic acids is 1. The third kappa shape index (κ3) is 3.19. The van der Waals surface area contributed by atoms with Gasteiger partial charge in [-0.2, -0.15) is 0 Å². The van der Waals surface area contributed by atoms with E-state index >= 15 is 0 Å². The van der Waals surface area contributed by atoms with Gasteiger partial charge in [-0.1, -0.05) is 29.8 Å². The van der Waals surface area contributed by atoms with Gasteiger partial charge in [0.05, 0.1) is 17.8 Å². The lowest BCUT2D eigenvalue weighted by molar-refractivity contribution is 0.103. The van der Waals surface area contributed by atoms with Crippen molar-refractivity contribution >= 4 is 55.4 Å². The van der Waals surface area contributed by atoms with Gasteiger partial charge in [0, 0.05) is 21.0 Å². The second kappa shape index (κ2) is 7.07. The second-order valence-electron chi connectivity index (χ2n) is 5.46. The molecule has 0 atom stereocenters. The highest BCUT2D eigenvalue weighted by Gasteiger charge is 2.18. The Kier molecular flexibility index (Phi) is 4.63. The number of ether oxygens (including phenoxy) is 1. The molecule has 1 N–H and O–H groups in total. The molecule has 0 aliphatic heterocycles. The van der Waals surface area contributed by atoms with Crippen LogP contribution in [0.3, 0.4) is 0 Å². The van der Waals surface area contributed by atoms with Crippen molar-refractivity contribution < 1.29 is 9.53 Å². The average molecular weight is 401 g/mol. The number of benzene rings is 2. The first-order valence-electron chi connectivity index (χ1n) is 7.74. The van der Waals surface area contributed by atoms with Crippen LogP contribution < -0.4 is 10.1 Å². The van der Waals surface area contributed by atoms with Gasteiger partial charge in [-0.25, -0.2) is 4.98 Å². The number of hydrogen-bond donors (Lipinski definition) is 1. The van der Waals surface area contributed by atoms with Gasteiger partial charge in [0.1, 0.15) is 10.6 Å². The zero-order chi connectivity index (χ0) is 18.1. The Morgan fingerprint density at radius 1 is 1.15 bits per heavy atom. The fourth-order valence-corrected chi connectivity index (χ4v) is 4.67. The van der Waals surface area contributed by atoms with Crippen LogP contribution in [0.1, 0.15) is 9.67 Å². The number of carbonyl (C=O) groups is 1. The van der Waals surface area contributed by atoms with Gasteiger partial charge in [0.25, 0.3) is 5.91 Å². The zero-order valence-corrected chi connectivity index (χ0v) is 16.0. The summed E-state index contributed by atoms with van der Waals surface area (Å²) in [5.41, 5.74) is 1.76. The molecule has 26 heavy (non-hydrogen) atoms. The first-order valence-corrected chi connectivity index (χ1v) is 9.81. The SMILES string of the molecule is COc1ccc(-c2csc(NC(=O)c3sc4ccccc4c3Cl)n2)cc1. The minimum absolute atomic E-state index is 0.244. The molecule has 0 fully saturated rings. The highest BCUT2D eigenvalue weighted by atomic mass is 35.5. The van der Waals surface area contributed by atoms with Crippen LogP contribution in [0.15, 0.2) is 53.9 Å². The van der Waals surface area contributed by atoms with Crippen LogP contribution in [-0.2, 0) is 0 Å². The predicted octanol–water partition coefficient (Wildman–Crippen LogP) is 5.94. The van der Waals surface area contributed by atoms with Crippen LogP contribution >= 0.6 is 34.3 Å². The van der Waals surface area contributed by atoms with Gasteiger partial charge in [0.15, 0.2) is 5.13 Å². The molecule has 1 amide bonds. The number of anilines is 1. The first-order chi connectivity index (χ1) is 12.7. The van der Waals surface area contributed by atoms with Crippen molar-refractivity contribution in [1.29, 1.82) is 0 Å². The third-order valence-electron chi connectivity index (χ3n) is 3.85. The minimum Gasteiger partial charge on any atom is -0.497 e. The predicted molar refractivity (Wildman–Crippen MR) is 109 cm³/mol. The summed E-state index contributed by atoms with van der Waals surface area (Å²) in [4.78, 5) is 17.6. The number of hydrogen-bond acceptors (Lipinski definition) is 5.